The molecule has 0 saturated heterocycles. The van der Waals surface area contributed by atoms with Crippen LogP contribution >= 0.6 is 0 Å². The standard InChI is InChI=1S/C17H25N5O2/c1-12(2)14(18-16(23)24-17(3,4)5)15-19-20-21-22(15)11-13-9-7-6-8-10-13/h6-10,12,14H,11H2,1-5H3,(H,18,23)/t14-/m0/s1. The van der Waals surface area contributed by atoms with Crippen molar-refractivity contribution in [1.29, 1.82) is 0 Å². The van der Waals surface area contributed by atoms with E-state index < -0.39 is 11.7 Å². The quantitative estimate of drug-likeness (QED) is 0.911. The van der Waals surface area contributed by atoms with Gasteiger partial charge in [0.05, 0.1) is 12.6 Å². The molecule has 2 rings (SSSR count). The molecule has 1 N–H and O–H groups in total. The molecule has 0 aliphatic carbocycles. The predicted molar refractivity (Wildman–Crippen MR) is 90.3 cm³/mol. The third-order valence-electron chi connectivity index (χ3n) is 3.35. The number of rotatable bonds is 5. The predicted octanol–water partition coefficient (Wildman–Crippen LogP) is 2.94. The van der Waals surface area contributed by atoms with Crippen LogP contribution in [0.15, 0.2) is 30.3 Å². The van der Waals surface area contributed by atoms with E-state index in [-0.39, 0.29) is 12.0 Å². The van der Waals surface area contributed by atoms with Crippen molar-refractivity contribution in [1.82, 2.24) is 25.5 Å². The van der Waals surface area contributed by atoms with Crippen LogP contribution in [0.25, 0.3) is 0 Å². The topological polar surface area (TPSA) is 81.9 Å². The maximum absolute atomic E-state index is 12.1. The summed E-state index contributed by atoms with van der Waals surface area (Å²) in [7, 11) is 0. The van der Waals surface area contributed by atoms with Gasteiger partial charge in [0.2, 0.25) is 0 Å². The fraction of sp³-hybridized carbons (Fsp3) is 0.529. The number of carbonyl (C=O) groups excluding carboxylic acids is 1. The van der Waals surface area contributed by atoms with Crippen molar-refractivity contribution in [2.45, 2.75) is 52.8 Å². The Morgan fingerprint density at radius 1 is 1.25 bits per heavy atom. The van der Waals surface area contributed by atoms with E-state index in [1.54, 1.807) is 4.68 Å². The minimum absolute atomic E-state index is 0.109. The summed E-state index contributed by atoms with van der Waals surface area (Å²) in [6.07, 6.45) is -0.476. The van der Waals surface area contributed by atoms with Gasteiger partial charge in [-0.25, -0.2) is 9.48 Å². The average Bonchev–Trinajstić information content (AvgIpc) is 2.91. The molecule has 24 heavy (non-hydrogen) atoms. The molecule has 7 nitrogen and oxygen atoms in total. The minimum atomic E-state index is -0.554. The van der Waals surface area contributed by atoms with Crippen LogP contribution in [0.4, 0.5) is 4.79 Å². The first-order valence-electron chi connectivity index (χ1n) is 8.06. The molecular formula is C17H25N5O2. The van der Waals surface area contributed by atoms with Crippen molar-refractivity contribution >= 4 is 6.09 Å². The van der Waals surface area contributed by atoms with Gasteiger partial charge >= 0.3 is 6.09 Å². The molecule has 130 valence electrons. The Kier molecular flexibility index (Phi) is 5.54. The van der Waals surface area contributed by atoms with Gasteiger partial charge in [-0.2, -0.15) is 0 Å². The van der Waals surface area contributed by atoms with Gasteiger partial charge in [0.1, 0.15) is 5.60 Å². The highest BCUT2D eigenvalue weighted by Gasteiger charge is 2.27. The highest BCUT2D eigenvalue weighted by molar-refractivity contribution is 5.68. The molecule has 0 spiro atoms. The summed E-state index contributed by atoms with van der Waals surface area (Å²) in [5, 5.41) is 14.8. The van der Waals surface area contributed by atoms with Crippen LogP contribution in [-0.4, -0.2) is 31.9 Å². The summed E-state index contributed by atoms with van der Waals surface area (Å²) >= 11 is 0. The second kappa shape index (κ2) is 7.42. The van der Waals surface area contributed by atoms with Gasteiger partial charge in [0.25, 0.3) is 0 Å². The number of hydrogen-bond acceptors (Lipinski definition) is 5. The molecule has 1 atom stereocenters. The normalized spacial score (nSPS) is 12.9. The van der Waals surface area contributed by atoms with Crippen molar-refractivity contribution in [3.05, 3.63) is 41.7 Å². The van der Waals surface area contributed by atoms with E-state index in [4.69, 9.17) is 4.74 Å². The number of hydrogen-bond donors (Lipinski definition) is 1. The highest BCUT2D eigenvalue weighted by atomic mass is 16.6. The molecule has 0 saturated carbocycles. The van der Waals surface area contributed by atoms with E-state index in [2.05, 4.69) is 20.8 Å². The Hall–Kier alpha value is -2.44. The van der Waals surface area contributed by atoms with E-state index in [1.165, 1.54) is 0 Å². The van der Waals surface area contributed by atoms with Gasteiger partial charge in [-0.3, -0.25) is 0 Å². The fourth-order valence-electron chi connectivity index (χ4n) is 2.27. The van der Waals surface area contributed by atoms with Crippen LogP contribution in [-0.2, 0) is 11.3 Å². The lowest BCUT2D eigenvalue weighted by atomic mass is 10.0. The van der Waals surface area contributed by atoms with Crippen molar-refractivity contribution in [2.24, 2.45) is 5.92 Å². The zero-order valence-electron chi connectivity index (χ0n) is 14.9. The molecule has 1 heterocycles. The summed E-state index contributed by atoms with van der Waals surface area (Å²) in [5.41, 5.74) is 0.535. The van der Waals surface area contributed by atoms with Crippen molar-refractivity contribution < 1.29 is 9.53 Å². The van der Waals surface area contributed by atoms with Crippen LogP contribution < -0.4 is 5.32 Å². The lowest BCUT2D eigenvalue weighted by molar-refractivity contribution is 0.0485. The maximum atomic E-state index is 12.1. The summed E-state index contributed by atoms with van der Waals surface area (Å²) in [6, 6.07) is 9.59. The first-order valence-corrected chi connectivity index (χ1v) is 8.06. The third-order valence-corrected chi connectivity index (χ3v) is 3.35. The highest BCUT2D eigenvalue weighted by Crippen LogP contribution is 2.20. The van der Waals surface area contributed by atoms with Crippen LogP contribution in [0, 0.1) is 5.92 Å². The number of nitrogens with zero attached hydrogens (tertiary/aromatic N) is 4. The van der Waals surface area contributed by atoms with E-state index in [1.807, 2.05) is 65.0 Å². The van der Waals surface area contributed by atoms with E-state index in [0.29, 0.717) is 12.4 Å². The fourth-order valence-corrected chi connectivity index (χ4v) is 2.27. The van der Waals surface area contributed by atoms with Gasteiger partial charge < -0.3 is 10.1 Å². The van der Waals surface area contributed by atoms with Crippen molar-refractivity contribution in [2.75, 3.05) is 0 Å². The number of nitrogens with one attached hydrogen (secondary N) is 1. The molecule has 1 aromatic carbocycles. The van der Waals surface area contributed by atoms with Gasteiger partial charge in [-0.1, -0.05) is 44.2 Å². The van der Waals surface area contributed by atoms with Gasteiger partial charge in [0, 0.05) is 0 Å². The zero-order valence-corrected chi connectivity index (χ0v) is 14.9. The van der Waals surface area contributed by atoms with Crippen LogP contribution in [0.5, 0.6) is 0 Å². The Morgan fingerprint density at radius 2 is 1.92 bits per heavy atom. The van der Waals surface area contributed by atoms with Crippen molar-refractivity contribution in [3.63, 3.8) is 0 Å². The lowest BCUT2D eigenvalue weighted by Gasteiger charge is -2.25. The molecule has 0 bridgehead atoms. The smallest absolute Gasteiger partial charge is 0.408 e. The summed E-state index contributed by atoms with van der Waals surface area (Å²) < 4.78 is 7.05. The second-order valence-corrected chi connectivity index (χ2v) is 7.05. The molecule has 0 aliphatic heterocycles. The Morgan fingerprint density at radius 3 is 2.50 bits per heavy atom. The molecule has 1 aromatic heterocycles. The number of benzene rings is 1. The van der Waals surface area contributed by atoms with Crippen LogP contribution in [0.2, 0.25) is 0 Å². The molecule has 1 amide bonds. The van der Waals surface area contributed by atoms with E-state index in [0.717, 1.165) is 5.56 Å². The number of carbonyl (C=O) groups is 1. The number of tetrazole rings is 1. The minimum Gasteiger partial charge on any atom is -0.444 e. The molecular weight excluding hydrogens is 306 g/mol. The monoisotopic (exact) mass is 331 g/mol. The number of ether oxygens (including phenoxy) is 1. The van der Waals surface area contributed by atoms with Crippen LogP contribution in [0.1, 0.15) is 52.0 Å². The summed E-state index contributed by atoms with van der Waals surface area (Å²) in [4.78, 5) is 12.1. The van der Waals surface area contributed by atoms with E-state index >= 15 is 0 Å². The molecule has 0 aliphatic rings. The van der Waals surface area contributed by atoms with Gasteiger partial charge in [-0.05, 0) is 42.7 Å². The molecule has 0 fully saturated rings. The summed E-state index contributed by atoms with van der Waals surface area (Å²) in [6.45, 7) is 10.0. The SMILES string of the molecule is CC(C)[C@H](NC(=O)OC(C)(C)C)c1nnnn1Cc1ccccc1. The van der Waals surface area contributed by atoms with Gasteiger partial charge in [-0.15, -0.1) is 5.10 Å². The maximum Gasteiger partial charge on any atom is 0.408 e. The largest absolute Gasteiger partial charge is 0.444 e. The first-order chi connectivity index (χ1) is 11.3. The molecule has 2 aromatic rings. The van der Waals surface area contributed by atoms with Crippen LogP contribution in [0.3, 0.4) is 0 Å². The Bertz CT molecular complexity index is 661. The first kappa shape index (κ1) is 17.9. The van der Waals surface area contributed by atoms with Gasteiger partial charge in [0.15, 0.2) is 5.82 Å². The van der Waals surface area contributed by atoms with E-state index in [9.17, 15) is 4.79 Å². The molecule has 7 heteroatoms. The molecule has 0 unspecified atom stereocenters. The number of alkyl carbamates (subject to hydrolysis) is 1. The average molecular weight is 331 g/mol. The third kappa shape index (κ3) is 5.04. The summed E-state index contributed by atoms with van der Waals surface area (Å²) in [5.74, 6) is 0.720. The Balaban J connectivity index is 2.17. The number of amides is 1. The second-order valence-electron chi connectivity index (χ2n) is 7.05. The lowest BCUT2D eigenvalue weighted by Crippen LogP contribution is -2.38. The molecule has 0 radical (unpaired) electrons. The Labute approximate surface area is 142 Å². The van der Waals surface area contributed by atoms with Crippen molar-refractivity contribution in [3.8, 4) is 0 Å². The number of aromatic nitrogens is 4. The zero-order chi connectivity index (χ0) is 17.7.